The summed E-state index contributed by atoms with van der Waals surface area (Å²) in [4.78, 5) is 11.7. The fraction of sp³-hybridized carbons (Fsp3) is 0.188. The van der Waals surface area contributed by atoms with Crippen LogP contribution in [-0.4, -0.2) is 6.09 Å². The zero-order valence-corrected chi connectivity index (χ0v) is 11.4. The Balaban J connectivity index is 1.93. The summed E-state index contributed by atoms with van der Waals surface area (Å²) in [5.41, 5.74) is 2.53. The van der Waals surface area contributed by atoms with Crippen LogP contribution in [0.1, 0.15) is 24.2 Å². The molecule has 20 heavy (non-hydrogen) atoms. The summed E-state index contributed by atoms with van der Waals surface area (Å²) >= 11 is 0. The molecule has 1 atom stereocenters. The van der Waals surface area contributed by atoms with Gasteiger partial charge in [0.1, 0.15) is 11.9 Å². The Bertz CT molecular complexity index is 578. The summed E-state index contributed by atoms with van der Waals surface area (Å²) in [5, 5.41) is 2.65. The van der Waals surface area contributed by atoms with E-state index in [4.69, 9.17) is 4.74 Å². The first-order chi connectivity index (χ1) is 9.54. The van der Waals surface area contributed by atoms with Crippen molar-refractivity contribution in [1.82, 2.24) is 0 Å². The fourth-order valence-electron chi connectivity index (χ4n) is 1.75. The molecule has 1 unspecified atom stereocenters. The van der Waals surface area contributed by atoms with Crippen LogP contribution >= 0.6 is 0 Å². The van der Waals surface area contributed by atoms with Crippen LogP contribution in [0.3, 0.4) is 0 Å². The van der Waals surface area contributed by atoms with Gasteiger partial charge in [-0.05, 0) is 43.7 Å². The highest BCUT2D eigenvalue weighted by Crippen LogP contribution is 2.18. The molecule has 4 heteroatoms. The largest absolute Gasteiger partial charge is 0.441 e. The van der Waals surface area contributed by atoms with Gasteiger partial charge in [0.15, 0.2) is 0 Å². The van der Waals surface area contributed by atoms with Gasteiger partial charge >= 0.3 is 6.09 Å². The molecule has 0 saturated heterocycles. The van der Waals surface area contributed by atoms with Gasteiger partial charge in [0.25, 0.3) is 0 Å². The van der Waals surface area contributed by atoms with Crippen molar-refractivity contribution in [2.75, 3.05) is 5.32 Å². The van der Waals surface area contributed by atoms with Crippen molar-refractivity contribution in [3.05, 3.63) is 65.5 Å². The van der Waals surface area contributed by atoms with E-state index in [-0.39, 0.29) is 5.82 Å². The molecule has 0 bridgehead atoms. The van der Waals surface area contributed by atoms with Crippen molar-refractivity contribution in [3.63, 3.8) is 0 Å². The number of halogens is 1. The Morgan fingerprint density at radius 1 is 1.10 bits per heavy atom. The van der Waals surface area contributed by atoms with E-state index in [1.807, 2.05) is 19.1 Å². The maximum atomic E-state index is 12.8. The molecule has 104 valence electrons. The predicted molar refractivity (Wildman–Crippen MR) is 76.1 cm³/mol. The number of aryl methyl sites for hydroxylation is 1. The minimum Gasteiger partial charge on any atom is -0.441 e. The molecule has 0 spiro atoms. The number of carbonyl (C=O) groups excluding carboxylic acids is 1. The Morgan fingerprint density at radius 3 is 2.30 bits per heavy atom. The lowest BCUT2D eigenvalue weighted by atomic mass is 10.1. The molecular formula is C16H16FNO2. The first kappa shape index (κ1) is 14.1. The van der Waals surface area contributed by atoms with Crippen molar-refractivity contribution < 1.29 is 13.9 Å². The van der Waals surface area contributed by atoms with E-state index < -0.39 is 12.2 Å². The van der Waals surface area contributed by atoms with Crippen molar-refractivity contribution in [1.29, 1.82) is 0 Å². The third-order valence-corrected chi connectivity index (χ3v) is 2.92. The first-order valence-electron chi connectivity index (χ1n) is 6.34. The molecule has 2 rings (SSSR count). The molecule has 1 N–H and O–H groups in total. The summed E-state index contributed by atoms with van der Waals surface area (Å²) in [6.07, 6.45) is -0.980. The van der Waals surface area contributed by atoms with Crippen LogP contribution in [-0.2, 0) is 4.74 Å². The van der Waals surface area contributed by atoms with Crippen molar-refractivity contribution in [2.45, 2.75) is 20.0 Å². The molecular weight excluding hydrogens is 257 g/mol. The first-order valence-corrected chi connectivity index (χ1v) is 6.34. The van der Waals surface area contributed by atoms with Crippen molar-refractivity contribution >= 4 is 11.8 Å². The Kier molecular flexibility index (Phi) is 4.35. The summed E-state index contributed by atoms with van der Waals surface area (Å²) < 4.78 is 18.1. The van der Waals surface area contributed by atoms with Crippen LogP contribution in [0.15, 0.2) is 48.5 Å². The maximum absolute atomic E-state index is 12.8. The highest BCUT2D eigenvalue weighted by Gasteiger charge is 2.11. The lowest BCUT2D eigenvalue weighted by Crippen LogP contribution is -2.16. The number of hydrogen-bond acceptors (Lipinski definition) is 2. The van der Waals surface area contributed by atoms with Crippen LogP contribution in [0.2, 0.25) is 0 Å². The highest BCUT2D eigenvalue weighted by molar-refractivity contribution is 5.84. The molecule has 0 radical (unpaired) electrons. The molecule has 0 aliphatic carbocycles. The minimum absolute atomic E-state index is 0.315. The highest BCUT2D eigenvalue weighted by atomic mass is 19.1. The molecule has 1 amide bonds. The Morgan fingerprint density at radius 2 is 1.70 bits per heavy atom. The van der Waals surface area contributed by atoms with E-state index in [1.165, 1.54) is 12.1 Å². The topological polar surface area (TPSA) is 38.3 Å². The van der Waals surface area contributed by atoms with Gasteiger partial charge in [0.05, 0.1) is 0 Å². The zero-order valence-electron chi connectivity index (χ0n) is 11.4. The van der Waals surface area contributed by atoms with E-state index in [9.17, 15) is 9.18 Å². The molecule has 0 aromatic heterocycles. The summed E-state index contributed by atoms with van der Waals surface area (Å²) in [7, 11) is 0. The minimum atomic E-state index is -0.536. The monoisotopic (exact) mass is 273 g/mol. The lowest BCUT2D eigenvalue weighted by molar-refractivity contribution is 0.121. The van der Waals surface area contributed by atoms with Crippen molar-refractivity contribution in [3.8, 4) is 0 Å². The average Bonchev–Trinajstić information content (AvgIpc) is 2.42. The van der Waals surface area contributed by atoms with Crippen molar-refractivity contribution in [2.24, 2.45) is 0 Å². The number of carbonyl (C=O) groups is 1. The molecule has 0 aliphatic heterocycles. The number of hydrogen-bond donors (Lipinski definition) is 1. The van der Waals surface area contributed by atoms with E-state index >= 15 is 0 Å². The second-order valence-electron chi connectivity index (χ2n) is 4.59. The number of nitrogens with one attached hydrogen (secondary N) is 1. The van der Waals surface area contributed by atoms with Crippen LogP contribution in [0, 0.1) is 12.7 Å². The van der Waals surface area contributed by atoms with Crippen LogP contribution in [0.25, 0.3) is 0 Å². The number of ether oxygens (including phenoxy) is 1. The predicted octanol–water partition coefficient (Wildman–Crippen LogP) is 4.44. The number of amides is 1. The van der Waals surface area contributed by atoms with Gasteiger partial charge in [0, 0.05) is 5.69 Å². The van der Waals surface area contributed by atoms with Crippen LogP contribution in [0.4, 0.5) is 14.9 Å². The standard InChI is InChI=1S/C16H16FNO2/c1-11-3-9-15(10-4-11)18-16(19)20-12(2)13-5-7-14(17)8-6-13/h3-10,12H,1-2H3,(H,18,19). The normalized spacial score (nSPS) is 11.8. The van der Waals surface area contributed by atoms with Gasteiger partial charge in [-0.3, -0.25) is 5.32 Å². The molecule has 0 aliphatic rings. The Labute approximate surface area is 117 Å². The maximum Gasteiger partial charge on any atom is 0.412 e. The summed E-state index contributed by atoms with van der Waals surface area (Å²) in [6.45, 7) is 3.71. The lowest BCUT2D eigenvalue weighted by Gasteiger charge is -2.14. The van der Waals surface area contributed by atoms with E-state index in [0.717, 1.165) is 11.1 Å². The number of anilines is 1. The van der Waals surface area contributed by atoms with Crippen LogP contribution in [0.5, 0.6) is 0 Å². The molecule has 2 aromatic rings. The Hall–Kier alpha value is -2.36. The molecule has 2 aromatic carbocycles. The number of benzene rings is 2. The fourth-order valence-corrected chi connectivity index (χ4v) is 1.75. The van der Waals surface area contributed by atoms with E-state index in [1.54, 1.807) is 31.2 Å². The third kappa shape index (κ3) is 3.82. The number of rotatable bonds is 3. The van der Waals surface area contributed by atoms with Gasteiger partial charge in [-0.15, -0.1) is 0 Å². The second-order valence-corrected chi connectivity index (χ2v) is 4.59. The second kappa shape index (κ2) is 6.19. The summed E-state index contributed by atoms with van der Waals surface area (Å²) in [6, 6.07) is 13.3. The quantitative estimate of drug-likeness (QED) is 0.897. The molecule has 0 heterocycles. The van der Waals surface area contributed by atoms with Gasteiger partial charge < -0.3 is 4.74 Å². The summed E-state index contributed by atoms with van der Waals surface area (Å²) in [5.74, 6) is -0.315. The third-order valence-electron chi connectivity index (χ3n) is 2.92. The van der Waals surface area contributed by atoms with Gasteiger partial charge in [-0.1, -0.05) is 29.8 Å². The van der Waals surface area contributed by atoms with Gasteiger partial charge in [0.2, 0.25) is 0 Å². The molecule has 0 fully saturated rings. The van der Waals surface area contributed by atoms with Crippen LogP contribution < -0.4 is 5.32 Å². The molecule has 0 saturated carbocycles. The zero-order chi connectivity index (χ0) is 14.5. The SMILES string of the molecule is Cc1ccc(NC(=O)OC(C)c2ccc(F)cc2)cc1. The van der Waals surface area contributed by atoms with Gasteiger partial charge in [-0.25, -0.2) is 9.18 Å². The average molecular weight is 273 g/mol. The smallest absolute Gasteiger partial charge is 0.412 e. The molecule has 3 nitrogen and oxygen atoms in total. The van der Waals surface area contributed by atoms with E-state index in [2.05, 4.69) is 5.32 Å². The van der Waals surface area contributed by atoms with E-state index in [0.29, 0.717) is 5.69 Å². The van der Waals surface area contributed by atoms with Gasteiger partial charge in [-0.2, -0.15) is 0 Å².